The molecule has 0 aliphatic carbocycles. The molecule has 0 atom stereocenters. The molecule has 2 heterocycles. The van der Waals surface area contributed by atoms with E-state index >= 15 is 0 Å². The average Bonchev–Trinajstić information content (AvgIpc) is 3.71. The molecule has 0 aliphatic heterocycles. The highest BCUT2D eigenvalue weighted by molar-refractivity contribution is 7.26. The molecule has 0 aliphatic rings. The Kier molecular flexibility index (Phi) is 5.78. The molecule has 47 heavy (non-hydrogen) atoms. The number of thiophene rings is 1. The van der Waals surface area contributed by atoms with Crippen molar-refractivity contribution < 1.29 is 4.42 Å². The number of hydrogen-bond donors (Lipinski definition) is 0. The highest BCUT2D eigenvalue weighted by Crippen LogP contribution is 2.46. The zero-order valence-electron chi connectivity index (χ0n) is 25.4. The molecule has 0 saturated heterocycles. The lowest BCUT2D eigenvalue weighted by Crippen LogP contribution is -2.10. The van der Waals surface area contributed by atoms with Crippen LogP contribution < -0.4 is 4.90 Å². The minimum absolute atomic E-state index is 0.919. The van der Waals surface area contributed by atoms with Gasteiger partial charge in [-0.25, -0.2) is 0 Å². The van der Waals surface area contributed by atoms with Crippen molar-refractivity contribution in [1.29, 1.82) is 0 Å². The number of anilines is 3. The molecule has 0 amide bonds. The van der Waals surface area contributed by atoms with Gasteiger partial charge >= 0.3 is 0 Å². The lowest BCUT2D eigenvalue weighted by atomic mass is 9.98. The van der Waals surface area contributed by atoms with Crippen LogP contribution in [0.25, 0.3) is 74.8 Å². The van der Waals surface area contributed by atoms with Crippen LogP contribution in [0.3, 0.4) is 0 Å². The van der Waals surface area contributed by atoms with Gasteiger partial charge in [-0.05, 0) is 81.2 Å². The van der Waals surface area contributed by atoms with Crippen LogP contribution in [-0.2, 0) is 0 Å². The van der Waals surface area contributed by atoms with E-state index in [1.54, 1.807) is 0 Å². The van der Waals surface area contributed by atoms with E-state index in [0.29, 0.717) is 0 Å². The fraction of sp³-hybridized carbons (Fsp3) is 0. The highest BCUT2D eigenvalue weighted by atomic mass is 32.1. The summed E-state index contributed by atoms with van der Waals surface area (Å²) in [5.74, 6) is 0. The number of nitrogens with zero attached hydrogens (tertiary/aromatic N) is 1. The molecule has 0 saturated carbocycles. The second-order valence-electron chi connectivity index (χ2n) is 12.1. The van der Waals surface area contributed by atoms with E-state index in [4.69, 9.17) is 4.42 Å². The molecule has 0 N–H and O–H groups in total. The normalized spacial score (nSPS) is 11.8. The van der Waals surface area contributed by atoms with Gasteiger partial charge in [-0.15, -0.1) is 11.3 Å². The van der Waals surface area contributed by atoms with Crippen LogP contribution in [0, 0.1) is 0 Å². The molecular weight excluding hydrogens is 591 g/mol. The Morgan fingerprint density at radius 2 is 1.17 bits per heavy atom. The van der Waals surface area contributed by atoms with Crippen molar-refractivity contribution in [3.8, 4) is 11.1 Å². The first-order valence-corrected chi connectivity index (χ1v) is 16.7. The van der Waals surface area contributed by atoms with Crippen molar-refractivity contribution in [2.24, 2.45) is 0 Å². The van der Waals surface area contributed by atoms with E-state index in [-0.39, 0.29) is 0 Å². The van der Waals surface area contributed by atoms with Gasteiger partial charge in [0.15, 0.2) is 0 Å². The summed E-state index contributed by atoms with van der Waals surface area (Å²) in [4.78, 5) is 2.42. The third-order valence-electron chi connectivity index (χ3n) is 9.45. The van der Waals surface area contributed by atoms with E-state index in [1.807, 2.05) is 23.5 Å². The third-order valence-corrected chi connectivity index (χ3v) is 10.7. The Morgan fingerprint density at radius 1 is 0.447 bits per heavy atom. The number of para-hydroxylation sites is 1. The molecule has 0 bridgehead atoms. The monoisotopic (exact) mass is 617 g/mol. The first-order chi connectivity index (χ1) is 23.3. The molecule has 8 aromatic carbocycles. The van der Waals surface area contributed by atoms with Crippen LogP contribution in [0.1, 0.15) is 0 Å². The number of rotatable bonds is 4. The van der Waals surface area contributed by atoms with E-state index < -0.39 is 0 Å². The van der Waals surface area contributed by atoms with Crippen molar-refractivity contribution in [1.82, 2.24) is 0 Å². The van der Waals surface area contributed by atoms with Crippen molar-refractivity contribution >= 4 is 92.1 Å². The zero-order chi connectivity index (χ0) is 30.9. The van der Waals surface area contributed by atoms with Crippen LogP contribution in [0.5, 0.6) is 0 Å². The number of benzene rings is 8. The Labute approximate surface area is 275 Å². The SMILES string of the molecule is c1ccc2c(-c3ccc(N(c4ccc5c(ccc6oc7ccccc7c65)c4)c4cccc5c4sc4ccccc45)cc3)cccc2c1. The van der Waals surface area contributed by atoms with Crippen LogP contribution in [0.2, 0.25) is 0 Å². The largest absolute Gasteiger partial charge is 0.456 e. The molecule has 0 radical (unpaired) electrons. The van der Waals surface area contributed by atoms with Crippen molar-refractivity contribution in [2.75, 3.05) is 4.90 Å². The molecule has 0 fully saturated rings. The molecule has 3 heteroatoms. The predicted molar refractivity (Wildman–Crippen MR) is 202 cm³/mol. The van der Waals surface area contributed by atoms with Gasteiger partial charge in [-0.1, -0.05) is 115 Å². The summed E-state index contributed by atoms with van der Waals surface area (Å²) < 4.78 is 8.80. The first kappa shape index (κ1) is 26.3. The summed E-state index contributed by atoms with van der Waals surface area (Å²) >= 11 is 1.86. The molecule has 10 rings (SSSR count). The van der Waals surface area contributed by atoms with Crippen LogP contribution in [0.15, 0.2) is 168 Å². The van der Waals surface area contributed by atoms with E-state index in [2.05, 4.69) is 157 Å². The second-order valence-corrected chi connectivity index (χ2v) is 13.2. The van der Waals surface area contributed by atoms with Crippen LogP contribution >= 0.6 is 11.3 Å². The smallest absolute Gasteiger partial charge is 0.136 e. The summed E-state index contributed by atoms with van der Waals surface area (Å²) in [6, 6.07) is 59.1. The summed E-state index contributed by atoms with van der Waals surface area (Å²) in [6.45, 7) is 0. The summed E-state index contributed by atoms with van der Waals surface area (Å²) in [6.07, 6.45) is 0. The fourth-order valence-electron chi connectivity index (χ4n) is 7.28. The fourth-order valence-corrected chi connectivity index (χ4v) is 8.49. The maximum atomic E-state index is 6.22. The highest BCUT2D eigenvalue weighted by Gasteiger charge is 2.19. The van der Waals surface area contributed by atoms with Crippen LogP contribution in [0.4, 0.5) is 17.1 Å². The van der Waals surface area contributed by atoms with E-state index in [0.717, 1.165) is 27.9 Å². The molecule has 2 aromatic heterocycles. The standard InChI is InChI=1S/C44H27NOS/c1-2-11-33-28(9-1)10-7-14-34(33)29-19-22-31(23-20-29)45(39-16-8-15-37-36-12-4-6-18-42(36)47-44(37)39)32-24-25-35-30(27-32)21-26-41-43(35)38-13-3-5-17-40(38)46-41/h1-27H. The van der Waals surface area contributed by atoms with Gasteiger partial charge in [-0.3, -0.25) is 0 Å². The van der Waals surface area contributed by atoms with E-state index in [1.165, 1.54) is 63.9 Å². The Hall–Kier alpha value is -5.90. The maximum absolute atomic E-state index is 6.22. The molecule has 0 spiro atoms. The summed E-state index contributed by atoms with van der Waals surface area (Å²) in [7, 11) is 0. The van der Waals surface area contributed by atoms with Gasteiger partial charge in [0, 0.05) is 37.6 Å². The quantitative estimate of drug-likeness (QED) is 0.195. The Balaban J connectivity index is 1.19. The third kappa shape index (κ3) is 4.10. The van der Waals surface area contributed by atoms with Crippen molar-refractivity contribution in [3.63, 3.8) is 0 Å². The Morgan fingerprint density at radius 3 is 2.09 bits per heavy atom. The minimum atomic E-state index is 0.919. The molecule has 2 nitrogen and oxygen atoms in total. The number of hydrogen-bond acceptors (Lipinski definition) is 3. The van der Waals surface area contributed by atoms with E-state index in [9.17, 15) is 0 Å². The van der Waals surface area contributed by atoms with Gasteiger partial charge in [-0.2, -0.15) is 0 Å². The summed E-state index contributed by atoms with van der Waals surface area (Å²) in [5.41, 5.74) is 7.70. The first-order valence-electron chi connectivity index (χ1n) is 15.9. The zero-order valence-corrected chi connectivity index (χ0v) is 26.2. The topological polar surface area (TPSA) is 16.4 Å². The van der Waals surface area contributed by atoms with Gasteiger partial charge in [0.1, 0.15) is 11.2 Å². The number of fused-ring (bicyclic) bond motifs is 9. The van der Waals surface area contributed by atoms with Crippen molar-refractivity contribution in [3.05, 3.63) is 164 Å². The minimum Gasteiger partial charge on any atom is -0.456 e. The summed E-state index contributed by atoms with van der Waals surface area (Å²) in [5, 5.41) is 9.80. The van der Waals surface area contributed by atoms with Crippen LogP contribution in [-0.4, -0.2) is 0 Å². The molecule has 220 valence electrons. The second kappa shape index (κ2) is 10.3. The van der Waals surface area contributed by atoms with Crippen molar-refractivity contribution in [2.45, 2.75) is 0 Å². The molecule has 10 aromatic rings. The lowest BCUT2D eigenvalue weighted by molar-refractivity contribution is 0.669. The lowest BCUT2D eigenvalue weighted by Gasteiger charge is -2.27. The van der Waals surface area contributed by atoms with Gasteiger partial charge in [0.2, 0.25) is 0 Å². The molecule has 0 unspecified atom stereocenters. The average molecular weight is 618 g/mol. The van der Waals surface area contributed by atoms with Gasteiger partial charge < -0.3 is 9.32 Å². The van der Waals surface area contributed by atoms with Gasteiger partial charge in [0.25, 0.3) is 0 Å². The maximum Gasteiger partial charge on any atom is 0.136 e. The molecular formula is C44H27NOS. The Bertz CT molecular complexity index is 2800. The predicted octanol–water partition coefficient (Wildman–Crippen LogP) is 13.4. The van der Waals surface area contributed by atoms with Gasteiger partial charge in [0.05, 0.1) is 10.4 Å². The number of furan rings is 1.